The van der Waals surface area contributed by atoms with E-state index < -0.39 is 23.7 Å². The maximum Gasteiger partial charge on any atom is 0.318 e. The van der Waals surface area contributed by atoms with Gasteiger partial charge in [-0.2, -0.15) is 0 Å². The molecule has 0 aromatic heterocycles. The van der Waals surface area contributed by atoms with Gasteiger partial charge in [0.15, 0.2) is 0 Å². The van der Waals surface area contributed by atoms with E-state index in [2.05, 4.69) is 10.6 Å². The second kappa shape index (κ2) is 9.74. The molecule has 3 rings (SSSR count). The summed E-state index contributed by atoms with van der Waals surface area (Å²) in [7, 11) is 1.50. The Morgan fingerprint density at radius 2 is 1.97 bits per heavy atom. The van der Waals surface area contributed by atoms with E-state index in [1.165, 1.54) is 11.9 Å². The third-order valence-electron chi connectivity index (χ3n) is 4.80. The van der Waals surface area contributed by atoms with Gasteiger partial charge in [0.2, 0.25) is 0 Å². The highest BCUT2D eigenvalue weighted by atomic mass is 35.5. The number of amides is 3. The fourth-order valence-electron chi connectivity index (χ4n) is 3.18. The zero-order valence-corrected chi connectivity index (χ0v) is 17.4. The third-order valence-corrected chi connectivity index (χ3v) is 5.19. The number of likely N-dealkylation sites (tertiary alicyclic amines) is 1. The molecule has 1 saturated heterocycles. The Hall–Kier alpha value is -3.20. The fraction of sp³-hybridized carbons (Fsp3) is 0.286. The maximum absolute atomic E-state index is 13.5. The van der Waals surface area contributed by atoms with Crippen LogP contribution in [-0.4, -0.2) is 49.3 Å². The van der Waals surface area contributed by atoms with Crippen molar-refractivity contribution >= 4 is 29.8 Å². The standard InChI is InChI=1S/C21H21ClF2N4O3/c1-26-20(29)16-3-2-4-18(19(16)22)31-15-10-28(11-15)21(30)27-17(5-6-25)12-7-13(23)9-14(24)8-12/h2-4,6-9,15,17,25H,5,10-11H2,1H3,(H,26,29)(H,27,30). The Labute approximate surface area is 182 Å². The van der Waals surface area contributed by atoms with Gasteiger partial charge in [0.1, 0.15) is 23.5 Å². The quantitative estimate of drug-likeness (QED) is 0.563. The van der Waals surface area contributed by atoms with E-state index in [1.54, 1.807) is 18.2 Å². The van der Waals surface area contributed by atoms with Gasteiger partial charge >= 0.3 is 6.03 Å². The molecule has 10 heteroatoms. The van der Waals surface area contributed by atoms with Crippen LogP contribution >= 0.6 is 11.6 Å². The minimum Gasteiger partial charge on any atom is -0.485 e. The highest BCUT2D eigenvalue weighted by Crippen LogP contribution is 2.30. The van der Waals surface area contributed by atoms with Crippen LogP contribution in [0.5, 0.6) is 5.75 Å². The molecule has 1 atom stereocenters. The summed E-state index contributed by atoms with van der Waals surface area (Å²) < 4.78 is 32.8. The molecular weight excluding hydrogens is 430 g/mol. The normalized spacial score (nSPS) is 14.4. The van der Waals surface area contributed by atoms with Gasteiger partial charge in [-0.25, -0.2) is 13.6 Å². The summed E-state index contributed by atoms with van der Waals surface area (Å²) in [6.45, 7) is 0.530. The molecule has 0 aliphatic carbocycles. The highest BCUT2D eigenvalue weighted by molar-refractivity contribution is 6.35. The number of benzene rings is 2. The van der Waals surface area contributed by atoms with E-state index in [0.717, 1.165) is 24.4 Å². The molecule has 0 bridgehead atoms. The minimum atomic E-state index is -0.757. The van der Waals surface area contributed by atoms with E-state index in [0.29, 0.717) is 5.75 Å². The number of carbonyl (C=O) groups excluding carboxylic acids is 2. The van der Waals surface area contributed by atoms with E-state index in [9.17, 15) is 18.4 Å². The Morgan fingerprint density at radius 3 is 2.58 bits per heavy atom. The zero-order valence-electron chi connectivity index (χ0n) is 16.6. The van der Waals surface area contributed by atoms with Crippen molar-refractivity contribution in [2.24, 2.45) is 0 Å². The summed E-state index contributed by atoms with van der Waals surface area (Å²) in [6, 6.07) is 6.67. The second-order valence-electron chi connectivity index (χ2n) is 6.99. The predicted molar refractivity (Wildman–Crippen MR) is 112 cm³/mol. The van der Waals surface area contributed by atoms with E-state index >= 15 is 0 Å². The number of halogens is 3. The van der Waals surface area contributed by atoms with Gasteiger partial charge in [-0.1, -0.05) is 17.7 Å². The number of carbonyl (C=O) groups is 2. The molecule has 0 spiro atoms. The molecule has 2 aromatic rings. The van der Waals surface area contributed by atoms with Gasteiger partial charge in [0.25, 0.3) is 5.91 Å². The van der Waals surface area contributed by atoms with Gasteiger partial charge < -0.3 is 25.7 Å². The number of nitrogens with zero attached hydrogens (tertiary/aromatic N) is 1. The number of ether oxygens (including phenoxy) is 1. The van der Waals surface area contributed by atoms with Crippen LogP contribution < -0.4 is 15.4 Å². The third kappa shape index (κ3) is 5.29. The van der Waals surface area contributed by atoms with Gasteiger partial charge in [0, 0.05) is 19.5 Å². The van der Waals surface area contributed by atoms with Crippen molar-refractivity contribution in [1.82, 2.24) is 15.5 Å². The molecule has 2 aromatic carbocycles. The van der Waals surface area contributed by atoms with Crippen molar-refractivity contribution in [3.05, 3.63) is 64.2 Å². The van der Waals surface area contributed by atoms with E-state index in [4.69, 9.17) is 21.7 Å². The first-order valence-electron chi connectivity index (χ1n) is 9.50. The summed E-state index contributed by atoms with van der Waals surface area (Å²) >= 11 is 6.24. The highest BCUT2D eigenvalue weighted by Gasteiger charge is 2.34. The Morgan fingerprint density at radius 1 is 1.29 bits per heavy atom. The van der Waals surface area contributed by atoms with Crippen molar-refractivity contribution in [1.29, 1.82) is 5.41 Å². The average Bonchev–Trinajstić information content (AvgIpc) is 2.69. The first kappa shape index (κ1) is 22.5. The Bertz CT molecular complexity index is 978. The Balaban J connectivity index is 1.60. The lowest BCUT2D eigenvalue weighted by Gasteiger charge is -2.39. The summed E-state index contributed by atoms with van der Waals surface area (Å²) in [6.07, 6.45) is 0.831. The number of hydrogen-bond acceptors (Lipinski definition) is 4. The van der Waals surface area contributed by atoms with Crippen LogP contribution in [0.2, 0.25) is 5.02 Å². The first-order valence-corrected chi connectivity index (χ1v) is 9.87. The van der Waals surface area contributed by atoms with E-state index in [-0.39, 0.29) is 47.7 Å². The van der Waals surface area contributed by atoms with Crippen molar-refractivity contribution < 1.29 is 23.1 Å². The van der Waals surface area contributed by atoms with Crippen LogP contribution in [0.1, 0.15) is 28.4 Å². The lowest BCUT2D eigenvalue weighted by atomic mass is 10.0. The number of hydrogen-bond donors (Lipinski definition) is 3. The molecule has 31 heavy (non-hydrogen) atoms. The maximum atomic E-state index is 13.5. The molecule has 1 aliphatic heterocycles. The summed E-state index contributed by atoms with van der Waals surface area (Å²) in [4.78, 5) is 25.8. The van der Waals surface area contributed by atoms with Crippen LogP contribution in [0.25, 0.3) is 0 Å². The summed E-state index contributed by atoms with van der Waals surface area (Å²) in [5.41, 5.74) is 0.521. The molecule has 1 heterocycles. The van der Waals surface area contributed by atoms with Crippen LogP contribution in [0, 0.1) is 17.0 Å². The van der Waals surface area contributed by atoms with Crippen LogP contribution in [-0.2, 0) is 0 Å². The molecule has 3 N–H and O–H groups in total. The molecule has 7 nitrogen and oxygen atoms in total. The van der Waals surface area contributed by atoms with Gasteiger partial charge in [-0.05, 0) is 36.0 Å². The van der Waals surface area contributed by atoms with Gasteiger partial charge in [0.05, 0.1) is 29.7 Å². The number of nitrogens with one attached hydrogen (secondary N) is 3. The van der Waals surface area contributed by atoms with Crippen LogP contribution in [0.15, 0.2) is 36.4 Å². The first-order chi connectivity index (χ1) is 14.8. The zero-order chi connectivity index (χ0) is 22.5. The topological polar surface area (TPSA) is 94.5 Å². The molecule has 1 aliphatic rings. The minimum absolute atomic E-state index is 0.0876. The molecule has 0 radical (unpaired) electrons. The lowest BCUT2D eigenvalue weighted by Crippen LogP contribution is -2.59. The monoisotopic (exact) mass is 450 g/mol. The van der Waals surface area contributed by atoms with Gasteiger partial charge in [-0.3, -0.25) is 4.79 Å². The molecule has 1 unspecified atom stereocenters. The van der Waals surface area contributed by atoms with Crippen molar-refractivity contribution in [3.63, 3.8) is 0 Å². The second-order valence-corrected chi connectivity index (χ2v) is 7.36. The SMILES string of the molecule is CNC(=O)c1cccc(OC2CN(C(=O)NC(CC=N)c3cc(F)cc(F)c3)C2)c1Cl. The lowest BCUT2D eigenvalue weighted by molar-refractivity contribution is 0.0435. The molecule has 164 valence electrons. The number of urea groups is 1. The fourth-order valence-corrected chi connectivity index (χ4v) is 3.44. The molecule has 0 saturated carbocycles. The molecular formula is C21H21ClF2N4O3. The summed E-state index contributed by atoms with van der Waals surface area (Å²) in [5.74, 6) is -1.51. The van der Waals surface area contributed by atoms with Crippen molar-refractivity contribution in [2.75, 3.05) is 20.1 Å². The smallest absolute Gasteiger partial charge is 0.318 e. The van der Waals surface area contributed by atoms with Crippen LogP contribution in [0.4, 0.5) is 13.6 Å². The molecule has 1 fully saturated rings. The Kier molecular flexibility index (Phi) is 7.06. The summed E-state index contributed by atoms with van der Waals surface area (Å²) in [5, 5.41) is 12.7. The van der Waals surface area contributed by atoms with Gasteiger partial charge in [-0.15, -0.1) is 0 Å². The van der Waals surface area contributed by atoms with Crippen molar-refractivity contribution in [2.45, 2.75) is 18.6 Å². The average molecular weight is 451 g/mol. The van der Waals surface area contributed by atoms with E-state index in [1.807, 2.05) is 0 Å². The van der Waals surface area contributed by atoms with Crippen molar-refractivity contribution in [3.8, 4) is 5.75 Å². The largest absolute Gasteiger partial charge is 0.485 e. The molecule has 3 amide bonds. The predicted octanol–water partition coefficient (Wildman–Crippen LogP) is 3.53. The number of rotatable bonds is 7. The van der Waals surface area contributed by atoms with Crippen LogP contribution in [0.3, 0.4) is 0 Å².